The molecule has 0 bridgehead atoms. The molecule has 2 N–H and O–H groups in total. The van der Waals surface area contributed by atoms with Crippen molar-refractivity contribution in [3.05, 3.63) is 83.2 Å². The van der Waals surface area contributed by atoms with Crippen LogP contribution in [0, 0.1) is 6.92 Å². The largest absolute Gasteiger partial charge is 0.493 e. The molecule has 0 saturated carbocycles. The first kappa shape index (κ1) is 20.5. The lowest BCUT2D eigenvalue weighted by Gasteiger charge is -2.10. The second-order valence-corrected chi connectivity index (χ2v) is 7.43. The van der Waals surface area contributed by atoms with E-state index in [0.717, 1.165) is 41.0 Å². The summed E-state index contributed by atoms with van der Waals surface area (Å²) in [6, 6.07) is 19.2. The van der Waals surface area contributed by atoms with Crippen molar-refractivity contribution in [3.63, 3.8) is 0 Å². The highest BCUT2D eigenvalue weighted by molar-refractivity contribution is 6.04. The second-order valence-electron chi connectivity index (χ2n) is 7.43. The Morgan fingerprint density at radius 2 is 1.81 bits per heavy atom. The molecule has 0 aliphatic heterocycles. The molecule has 1 aromatic heterocycles. The van der Waals surface area contributed by atoms with Gasteiger partial charge in [-0.3, -0.25) is 4.79 Å². The highest BCUT2D eigenvalue weighted by Crippen LogP contribution is 2.28. The van der Waals surface area contributed by atoms with E-state index < -0.39 is 0 Å². The van der Waals surface area contributed by atoms with Crippen LogP contribution in [0.1, 0.15) is 27.3 Å². The topological polar surface area (TPSA) is 76.2 Å². The maximum Gasteiger partial charge on any atom is 0.255 e. The number of fused-ring (bicyclic) bond motifs is 1. The minimum Gasteiger partial charge on any atom is -0.493 e. The predicted molar refractivity (Wildman–Crippen MR) is 122 cm³/mol. The number of aromatic nitrogens is 2. The molecular formula is C25H25N3O3. The average Bonchev–Trinajstić information content (AvgIpc) is 3.19. The number of methoxy groups -OCH3 is 2. The van der Waals surface area contributed by atoms with Crippen molar-refractivity contribution in [2.24, 2.45) is 0 Å². The van der Waals surface area contributed by atoms with Crippen LogP contribution < -0.4 is 14.8 Å². The number of nitrogens with zero attached hydrogens (tertiary/aromatic N) is 1. The number of ether oxygens (including phenoxy) is 2. The van der Waals surface area contributed by atoms with E-state index in [1.165, 1.54) is 5.56 Å². The molecule has 31 heavy (non-hydrogen) atoms. The van der Waals surface area contributed by atoms with E-state index in [9.17, 15) is 4.79 Å². The van der Waals surface area contributed by atoms with E-state index >= 15 is 0 Å². The molecule has 6 nitrogen and oxygen atoms in total. The summed E-state index contributed by atoms with van der Waals surface area (Å²) >= 11 is 0. The molecule has 0 fully saturated rings. The highest BCUT2D eigenvalue weighted by Gasteiger charge is 2.11. The van der Waals surface area contributed by atoms with Crippen molar-refractivity contribution in [1.29, 1.82) is 0 Å². The molecule has 0 aliphatic rings. The number of anilines is 1. The molecule has 0 unspecified atom stereocenters. The van der Waals surface area contributed by atoms with Crippen LogP contribution in [-0.2, 0) is 12.8 Å². The Kier molecular flexibility index (Phi) is 5.89. The first-order chi connectivity index (χ1) is 15.1. The lowest BCUT2D eigenvalue weighted by molar-refractivity contribution is 0.102. The molecule has 0 spiro atoms. The number of carbonyl (C=O) groups excluding carboxylic acids is 1. The van der Waals surface area contributed by atoms with Gasteiger partial charge in [0.15, 0.2) is 11.5 Å². The van der Waals surface area contributed by atoms with Crippen molar-refractivity contribution >= 4 is 22.6 Å². The van der Waals surface area contributed by atoms with Crippen molar-refractivity contribution in [1.82, 2.24) is 9.97 Å². The van der Waals surface area contributed by atoms with E-state index in [-0.39, 0.29) is 5.91 Å². The van der Waals surface area contributed by atoms with Gasteiger partial charge in [-0.25, -0.2) is 4.98 Å². The molecule has 158 valence electrons. The van der Waals surface area contributed by atoms with Gasteiger partial charge in [0.05, 0.1) is 25.3 Å². The van der Waals surface area contributed by atoms with Gasteiger partial charge in [-0.2, -0.15) is 0 Å². The van der Waals surface area contributed by atoms with Crippen molar-refractivity contribution in [2.75, 3.05) is 19.5 Å². The Labute approximate surface area is 181 Å². The molecule has 3 aromatic carbocycles. The van der Waals surface area contributed by atoms with Crippen LogP contribution in [0.15, 0.2) is 60.7 Å². The van der Waals surface area contributed by atoms with Gasteiger partial charge in [-0.05, 0) is 66.9 Å². The summed E-state index contributed by atoms with van der Waals surface area (Å²) < 4.78 is 10.5. The quantitative estimate of drug-likeness (QED) is 0.449. The third kappa shape index (κ3) is 4.69. The highest BCUT2D eigenvalue weighted by atomic mass is 16.5. The van der Waals surface area contributed by atoms with Gasteiger partial charge < -0.3 is 19.8 Å². The SMILES string of the molecule is COc1ccc(C(=O)Nc2cccc(CCc3nc4ccc(C)cc4[nH]3)c2)cc1OC. The molecule has 4 aromatic rings. The van der Waals surface area contributed by atoms with Crippen LogP contribution in [0.2, 0.25) is 0 Å². The zero-order chi connectivity index (χ0) is 21.8. The summed E-state index contributed by atoms with van der Waals surface area (Å²) in [5, 5.41) is 2.95. The third-order valence-corrected chi connectivity index (χ3v) is 5.17. The Hall–Kier alpha value is -3.80. The van der Waals surface area contributed by atoms with Crippen molar-refractivity contribution < 1.29 is 14.3 Å². The average molecular weight is 415 g/mol. The fraction of sp³-hybridized carbons (Fsp3) is 0.200. The number of benzene rings is 3. The number of aromatic amines is 1. The first-order valence-corrected chi connectivity index (χ1v) is 10.1. The number of aryl methyl sites for hydroxylation is 3. The Morgan fingerprint density at radius 1 is 0.968 bits per heavy atom. The molecular weight excluding hydrogens is 390 g/mol. The van der Waals surface area contributed by atoms with Gasteiger partial charge >= 0.3 is 0 Å². The summed E-state index contributed by atoms with van der Waals surface area (Å²) in [5.41, 5.74) is 5.63. The van der Waals surface area contributed by atoms with Crippen molar-refractivity contribution in [2.45, 2.75) is 19.8 Å². The maximum atomic E-state index is 12.7. The fourth-order valence-electron chi connectivity index (χ4n) is 3.54. The Morgan fingerprint density at radius 3 is 2.61 bits per heavy atom. The Balaban J connectivity index is 1.43. The van der Waals surface area contributed by atoms with Gasteiger partial charge in [-0.15, -0.1) is 0 Å². The lowest BCUT2D eigenvalue weighted by atomic mass is 10.1. The van der Waals surface area contributed by atoms with Crippen LogP contribution in [-0.4, -0.2) is 30.1 Å². The summed E-state index contributed by atoms with van der Waals surface area (Å²) in [6.07, 6.45) is 1.61. The number of rotatable bonds is 7. The number of carbonyl (C=O) groups is 1. The summed E-state index contributed by atoms with van der Waals surface area (Å²) in [5.74, 6) is 1.86. The number of hydrogen-bond donors (Lipinski definition) is 2. The summed E-state index contributed by atoms with van der Waals surface area (Å²) in [7, 11) is 3.11. The van der Waals surface area contributed by atoms with Gasteiger partial charge in [0.2, 0.25) is 0 Å². The van der Waals surface area contributed by atoms with E-state index in [1.54, 1.807) is 32.4 Å². The van der Waals surface area contributed by atoms with Gasteiger partial charge in [0, 0.05) is 17.7 Å². The number of amides is 1. The minimum atomic E-state index is -0.203. The summed E-state index contributed by atoms with van der Waals surface area (Å²) in [6.45, 7) is 2.07. The van der Waals surface area contributed by atoms with Gasteiger partial charge in [-0.1, -0.05) is 18.2 Å². The molecule has 1 amide bonds. The number of nitrogens with one attached hydrogen (secondary N) is 2. The van der Waals surface area contributed by atoms with Crippen LogP contribution in [0.4, 0.5) is 5.69 Å². The number of H-pyrrole nitrogens is 1. The molecule has 4 rings (SSSR count). The molecule has 6 heteroatoms. The van der Waals surface area contributed by atoms with Gasteiger partial charge in [0.25, 0.3) is 5.91 Å². The molecule has 0 saturated heterocycles. The van der Waals surface area contributed by atoms with E-state index in [4.69, 9.17) is 9.47 Å². The lowest BCUT2D eigenvalue weighted by Crippen LogP contribution is -2.12. The fourth-order valence-corrected chi connectivity index (χ4v) is 3.54. The zero-order valence-electron chi connectivity index (χ0n) is 17.9. The zero-order valence-corrected chi connectivity index (χ0v) is 17.9. The minimum absolute atomic E-state index is 0.203. The first-order valence-electron chi connectivity index (χ1n) is 10.1. The molecule has 0 atom stereocenters. The van der Waals surface area contributed by atoms with E-state index in [0.29, 0.717) is 17.1 Å². The molecule has 0 radical (unpaired) electrons. The van der Waals surface area contributed by atoms with E-state index in [1.807, 2.05) is 24.3 Å². The maximum absolute atomic E-state index is 12.7. The van der Waals surface area contributed by atoms with Crippen molar-refractivity contribution in [3.8, 4) is 11.5 Å². The van der Waals surface area contributed by atoms with E-state index in [2.05, 4.69) is 40.4 Å². The van der Waals surface area contributed by atoms with Crippen LogP contribution in [0.5, 0.6) is 11.5 Å². The van der Waals surface area contributed by atoms with Crippen LogP contribution in [0.3, 0.4) is 0 Å². The standard InChI is InChI=1S/C25H25N3O3/c1-16-7-10-20-21(13-16)28-24(27-20)12-8-17-5-4-6-19(14-17)26-25(29)18-9-11-22(30-2)23(15-18)31-3/h4-7,9-11,13-15H,8,12H2,1-3H3,(H,26,29)(H,27,28). The third-order valence-electron chi connectivity index (χ3n) is 5.17. The molecule has 0 aliphatic carbocycles. The van der Waals surface area contributed by atoms with Crippen LogP contribution in [0.25, 0.3) is 11.0 Å². The normalized spacial score (nSPS) is 10.8. The smallest absolute Gasteiger partial charge is 0.255 e. The molecule has 1 heterocycles. The number of hydrogen-bond acceptors (Lipinski definition) is 4. The summed E-state index contributed by atoms with van der Waals surface area (Å²) in [4.78, 5) is 20.7. The Bertz CT molecular complexity index is 1230. The van der Waals surface area contributed by atoms with Gasteiger partial charge in [0.1, 0.15) is 5.82 Å². The van der Waals surface area contributed by atoms with Crippen LogP contribution >= 0.6 is 0 Å². The number of imidazole rings is 1. The second kappa shape index (κ2) is 8.92. The monoisotopic (exact) mass is 415 g/mol. The predicted octanol–water partition coefficient (Wildman–Crippen LogP) is 4.93.